The van der Waals surface area contributed by atoms with Gasteiger partial charge in [0.2, 0.25) is 11.8 Å². The Morgan fingerprint density at radius 3 is 2.37 bits per heavy atom. The van der Waals surface area contributed by atoms with Crippen molar-refractivity contribution in [3.8, 4) is 0 Å². The van der Waals surface area contributed by atoms with Crippen LogP contribution in [0.5, 0.6) is 0 Å². The predicted octanol–water partition coefficient (Wildman–Crippen LogP) is 2.10. The predicted molar refractivity (Wildman–Crippen MR) is 72.3 cm³/mol. The minimum Gasteiger partial charge on any atom is -0.396 e. The van der Waals surface area contributed by atoms with Gasteiger partial charge in [-0.15, -0.1) is 0 Å². The lowest BCUT2D eigenvalue weighted by Crippen LogP contribution is -2.48. The van der Waals surface area contributed by atoms with Crippen molar-refractivity contribution in [1.29, 1.82) is 0 Å². The van der Waals surface area contributed by atoms with Gasteiger partial charge < -0.3 is 5.11 Å². The van der Waals surface area contributed by atoms with Crippen LogP contribution in [0.25, 0.3) is 0 Å². The molecule has 4 heteroatoms. The fourth-order valence-corrected chi connectivity index (χ4v) is 3.70. The van der Waals surface area contributed by atoms with Gasteiger partial charge in [-0.2, -0.15) is 0 Å². The average molecular weight is 267 g/mol. The van der Waals surface area contributed by atoms with E-state index >= 15 is 0 Å². The number of aliphatic hydroxyl groups excluding tert-OH is 1. The summed E-state index contributed by atoms with van der Waals surface area (Å²) in [5.41, 5.74) is -0.478. The molecule has 0 aromatic rings. The maximum absolute atomic E-state index is 12.7. The first-order valence-corrected chi connectivity index (χ1v) is 7.57. The van der Waals surface area contributed by atoms with Crippen LogP contribution in [0, 0.1) is 11.3 Å². The third kappa shape index (κ3) is 2.31. The van der Waals surface area contributed by atoms with E-state index in [1.807, 2.05) is 13.8 Å². The standard InChI is InChI=1S/C15H25NO3/c1-3-15(4-2)9-13(18)16(14(15)19)12-8-6-5-7-11(12)10-17/h11-12,17H,3-10H2,1-2H3. The fourth-order valence-electron chi connectivity index (χ4n) is 3.70. The van der Waals surface area contributed by atoms with E-state index in [4.69, 9.17) is 0 Å². The number of imide groups is 1. The van der Waals surface area contributed by atoms with Crippen molar-refractivity contribution in [3.05, 3.63) is 0 Å². The maximum Gasteiger partial charge on any atom is 0.236 e. The summed E-state index contributed by atoms with van der Waals surface area (Å²) in [6.07, 6.45) is 5.71. The minimum absolute atomic E-state index is 0.00727. The quantitative estimate of drug-likeness (QED) is 0.794. The van der Waals surface area contributed by atoms with Crippen LogP contribution >= 0.6 is 0 Å². The van der Waals surface area contributed by atoms with Gasteiger partial charge in [-0.3, -0.25) is 14.5 Å². The summed E-state index contributed by atoms with van der Waals surface area (Å²) < 4.78 is 0. The smallest absolute Gasteiger partial charge is 0.236 e. The molecular formula is C15H25NO3. The molecule has 1 N–H and O–H groups in total. The van der Waals surface area contributed by atoms with Gasteiger partial charge in [-0.05, 0) is 25.7 Å². The Labute approximate surface area is 115 Å². The van der Waals surface area contributed by atoms with Gasteiger partial charge in [0.1, 0.15) is 0 Å². The Hall–Kier alpha value is -0.900. The zero-order valence-electron chi connectivity index (χ0n) is 12.0. The number of hydrogen-bond acceptors (Lipinski definition) is 3. The van der Waals surface area contributed by atoms with Gasteiger partial charge in [-0.25, -0.2) is 0 Å². The first-order chi connectivity index (χ1) is 9.09. The number of hydrogen-bond donors (Lipinski definition) is 1. The van der Waals surface area contributed by atoms with Crippen molar-refractivity contribution < 1.29 is 14.7 Å². The highest BCUT2D eigenvalue weighted by Crippen LogP contribution is 2.42. The molecule has 0 bridgehead atoms. The molecule has 1 saturated carbocycles. The van der Waals surface area contributed by atoms with Crippen LogP contribution in [0.2, 0.25) is 0 Å². The molecule has 2 amide bonds. The second kappa shape index (κ2) is 5.61. The number of nitrogens with zero attached hydrogens (tertiary/aromatic N) is 1. The van der Waals surface area contributed by atoms with E-state index in [1.54, 1.807) is 0 Å². The molecule has 0 spiro atoms. The second-order valence-electron chi connectivity index (χ2n) is 6.03. The van der Waals surface area contributed by atoms with E-state index in [1.165, 1.54) is 4.90 Å². The van der Waals surface area contributed by atoms with Gasteiger partial charge in [0.25, 0.3) is 0 Å². The molecule has 1 saturated heterocycles. The van der Waals surface area contributed by atoms with Crippen LogP contribution in [-0.2, 0) is 9.59 Å². The SMILES string of the molecule is CCC1(CC)CC(=O)N(C2CCCCC2CO)C1=O. The van der Waals surface area contributed by atoms with Crippen LogP contribution in [0.3, 0.4) is 0 Å². The molecule has 108 valence electrons. The molecule has 0 aromatic carbocycles. The van der Waals surface area contributed by atoms with Crippen LogP contribution < -0.4 is 0 Å². The Bertz CT molecular complexity index is 362. The minimum atomic E-state index is -0.478. The van der Waals surface area contributed by atoms with Gasteiger partial charge in [0.05, 0.1) is 5.41 Å². The first-order valence-electron chi connectivity index (χ1n) is 7.57. The molecule has 1 aliphatic carbocycles. The summed E-state index contributed by atoms with van der Waals surface area (Å²) in [6.45, 7) is 4.05. The van der Waals surface area contributed by atoms with E-state index in [9.17, 15) is 14.7 Å². The lowest BCUT2D eigenvalue weighted by atomic mass is 9.80. The number of rotatable bonds is 4. The molecule has 19 heavy (non-hydrogen) atoms. The second-order valence-corrected chi connectivity index (χ2v) is 6.03. The third-order valence-electron chi connectivity index (χ3n) is 5.22. The third-order valence-corrected chi connectivity index (χ3v) is 5.22. The lowest BCUT2D eigenvalue weighted by Gasteiger charge is -2.37. The Kier molecular flexibility index (Phi) is 4.29. The van der Waals surface area contributed by atoms with Crippen molar-refractivity contribution in [1.82, 2.24) is 4.90 Å². The highest BCUT2D eigenvalue weighted by Gasteiger charge is 2.52. The molecule has 4 nitrogen and oxygen atoms in total. The summed E-state index contributed by atoms with van der Waals surface area (Å²) in [5, 5.41) is 9.49. The van der Waals surface area contributed by atoms with Gasteiger partial charge in [0.15, 0.2) is 0 Å². The van der Waals surface area contributed by atoms with E-state index in [0.29, 0.717) is 6.42 Å². The average Bonchev–Trinajstić information content (AvgIpc) is 2.70. The monoisotopic (exact) mass is 267 g/mol. The van der Waals surface area contributed by atoms with Crippen molar-refractivity contribution in [2.75, 3.05) is 6.61 Å². The Balaban J connectivity index is 2.24. The molecule has 1 heterocycles. The van der Waals surface area contributed by atoms with Crippen molar-refractivity contribution in [2.45, 2.75) is 64.8 Å². The van der Waals surface area contributed by atoms with Crippen LogP contribution in [-0.4, -0.2) is 34.5 Å². The largest absolute Gasteiger partial charge is 0.396 e. The zero-order chi connectivity index (χ0) is 14.0. The van der Waals surface area contributed by atoms with E-state index < -0.39 is 5.41 Å². The van der Waals surface area contributed by atoms with Crippen molar-refractivity contribution in [2.24, 2.45) is 11.3 Å². The number of carbonyl (C=O) groups is 2. The van der Waals surface area contributed by atoms with E-state index in [-0.39, 0.29) is 30.4 Å². The summed E-state index contributed by atoms with van der Waals surface area (Å²) in [5.74, 6) is 0.0538. The summed E-state index contributed by atoms with van der Waals surface area (Å²) in [4.78, 5) is 26.5. The number of carbonyl (C=O) groups excluding carboxylic acids is 2. The van der Waals surface area contributed by atoms with Gasteiger partial charge >= 0.3 is 0 Å². The molecule has 2 unspecified atom stereocenters. The Morgan fingerprint density at radius 2 is 1.84 bits per heavy atom. The normalized spacial score (nSPS) is 31.0. The number of aliphatic hydroxyl groups is 1. The number of amides is 2. The van der Waals surface area contributed by atoms with Crippen LogP contribution in [0.1, 0.15) is 58.8 Å². The summed E-state index contributed by atoms with van der Waals surface area (Å²) in [7, 11) is 0. The fraction of sp³-hybridized carbons (Fsp3) is 0.867. The first kappa shape index (κ1) is 14.5. The number of likely N-dealkylation sites (tertiary alicyclic amines) is 1. The van der Waals surface area contributed by atoms with Crippen LogP contribution in [0.4, 0.5) is 0 Å². The molecule has 0 radical (unpaired) electrons. The van der Waals surface area contributed by atoms with Crippen molar-refractivity contribution >= 4 is 11.8 Å². The maximum atomic E-state index is 12.7. The topological polar surface area (TPSA) is 57.6 Å². The van der Waals surface area contributed by atoms with Crippen molar-refractivity contribution in [3.63, 3.8) is 0 Å². The van der Waals surface area contributed by atoms with Crippen LogP contribution in [0.15, 0.2) is 0 Å². The van der Waals surface area contributed by atoms with Gasteiger partial charge in [-0.1, -0.05) is 26.7 Å². The van der Waals surface area contributed by atoms with E-state index in [0.717, 1.165) is 38.5 Å². The highest BCUT2D eigenvalue weighted by molar-refractivity contribution is 6.06. The molecule has 2 atom stereocenters. The zero-order valence-corrected chi connectivity index (χ0v) is 12.0. The molecular weight excluding hydrogens is 242 g/mol. The molecule has 1 aliphatic heterocycles. The highest BCUT2D eigenvalue weighted by atomic mass is 16.3. The Morgan fingerprint density at radius 1 is 1.21 bits per heavy atom. The molecule has 2 aliphatic rings. The lowest BCUT2D eigenvalue weighted by molar-refractivity contribution is -0.146. The van der Waals surface area contributed by atoms with Gasteiger partial charge in [0, 0.05) is 25.0 Å². The molecule has 2 rings (SSSR count). The van der Waals surface area contributed by atoms with E-state index in [2.05, 4.69) is 0 Å². The molecule has 0 aromatic heterocycles. The molecule has 2 fully saturated rings. The summed E-state index contributed by atoms with van der Waals surface area (Å²) in [6, 6.07) is -0.0706. The summed E-state index contributed by atoms with van der Waals surface area (Å²) >= 11 is 0.